The molecule has 0 aromatic heterocycles. The van der Waals surface area contributed by atoms with Crippen molar-refractivity contribution < 1.29 is 24.3 Å². The molecule has 0 aliphatic heterocycles. The minimum Gasteiger partial charge on any atom is -0.480 e. The number of carboxylic acid groups (broad SMARTS) is 1. The van der Waals surface area contributed by atoms with Crippen LogP contribution in [-0.4, -0.2) is 64.5 Å². The zero-order chi connectivity index (χ0) is 24.3. The second kappa shape index (κ2) is 14.0. The van der Waals surface area contributed by atoms with Gasteiger partial charge in [0.2, 0.25) is 17.7 Å². The molecule has 0 aliphatic rings. The van der Waals surface area contributed by atoms with E-state index >= 15 is 0 Å². The van der Waals surface area contributed by atoms with E-state index in [1.54, 1.807) is 31.2 Å². The van der Waals surface area contributed by atoms with E-state index in [1.165, 1.54) is 0 Å². The number of nitrogens with two attached hydrogens (primary N) is 1. The molecule has 11 heteroatoms. The Balaban J connectivity index is 3.04. The molecular weight excluding hydrogens is 452 g/mol. The Morgan fingerprint density at radius 1 is 0.938 bits per heavy atom. The fraction of sp³-hybridized carbons (Fsp3) is 0.524. The van der Waals surface area contributed by atoms with Gasteiger partial charge in [0, 0.05) is 17.9 Å². The minimum absolute atomic E-state index is 0.0266. The largest absolute Gasteiger partial charge is 0.480 e. The van der Waals surface area contributed by atoms with E-state index in [-0.39, 0.29) is 23.8 Å². The summed E-state index contributed by atoms with van der Waals surface area (Å²) in [6.07, 6.45) is 0.681. The van der Waals surface area contributed by atoms with Gasteiger partial charge in [0.05, 0.1) is 6.04 Å². The normalized spacial score (nSPS) is 15.5. The number of carboxylic acids is 1. The number of benzene rings is 1. The summed E-state index contributed by atoms with van der Waals surface area (Å²) in [5.74, 6) is -3.23. The van der Waals surface area contributed by atoms with Crippen molar-refractivity contribution in [3.63, 3.8) is 0 Å². The summed E-state index contributed by atoms with van der Waals surface area (Å²) in [5.41, 5.74) is 6.40. The lowest BCUT2D eigenvalue weighted by atomic mass is 9.98. The molecule has 32 heavy (non-hydrogen) atoms. The zero-order valence-electron chi connectivity index (χ0n) is 18.2. The first-order chi connectivity index (χ1) is 15.1. The molecule has 1 rings (SSSR count). The average Bonchev–Trinajstić information content (AvgIpc) is 2.79. The van der Waals surface area contributed by atoms with Crippen molar-refractivity contribution in [3.8, 4) is 0 Å². The average molecular weight is 485 g/mol. The van der Waals surface area contributed by atoms with Gasteiger partial charge in [0.25, 0.3) is 0 Å². The molecule has 6 N–H and O–H groups in total. The maximum absolute atomic E-state index is 13.0. The lowest BCUT2D eigenvalue weighted by Crippen LogP contribution is -2.58. The van der Waals surface area contributed by atoms with Gasteiger partial charge in [-0.25, -0.2) is 4.79 Å². The minimum atomic E-state index is -1.15. The van der Waals surface area contributed by atoms with Crippen LogP contribution in [0.1, 0.15) is 25.8 Å². The van der Waals surface area contributed by atoms with Gasteiger partial charge < -0.3 is 26.8 Å². The second-order valence-electron chi connectivity index (χ2n) is 7.49. The number of carbonyl (C=O) groups is 4. The predicted octanol–water partition coefficient (Wildman–Crippen LogP) is 0.00110. The van der Waals surface area contributed by atoms with Crippen molar-refractivity contribution in [3.05, 3.63) is 35.9 Å². The maximum Gasteiger partial charge on any atom is 0.326 e. The van der Waals surface area contributed by atoms with Crippen LogP contribution >= 0.6 is 25.3 Å². The van der Waals surface area contributed by atoms with E-state index < -0.39 is 47.9 Å². The molecule has 0 fully saturated rings. The van der Waals surface area contributed by atoms with Crippen LogP contribution in [-0.2, 0) is 25.6 Å². The zero-order valence-corrected chi connectivity index (χ0v) is 19.9. The monoisotopic (exact) mass is 484 g/mol. The number of hydrogen-bond acceptors (Lipinski definition) is 7. The Morgan fingerprint density at radius 2 is 1.50 bits per heavy atom. The first-order valence-corrected chi connectivity index (χ1v) is 11.6. The highest BCUT2D eigenvalue weighted by molar-refractivity contribution is 7.80. The fourth-order valence-corrected chi connectivity index (χ4v) is 3.25. The number of amides is 3. The van der Waals surface area contributed by atoms with Crippen molar-refractivity contribution >= 4 is 48.9 Å². The molecule has 0 aliphatic carbocycles. The third-order valence-electron chi connectivity index (χ3n) is 5.04. The molecule has 0 radical (unpaired) electrons. The van der Waals surface area contributed by atoms with Gasteiger partial charge in [-0.1, -0.05) is 50.6 Å². The van der Waals surface area contributed by atoms with Gasteiger partial charge in [0.15, 0.2) is 0 Å². The molecule has 5 atom stereocenters. The van der Waals surface area contributed by atoms with Crippen molar-refractivity contribution in [2.75, 3.05) is 11.5 Å². The van der Waals surface area contributed by atoms with Crippen LogP contribution in [0.4, 0.5) is 0 Å². The van der Waals surface area contributed by atoms with Crippen LogP contribution in [0.5, 0.6) is 0 Å². The number of aliphatic carboxylic acids is 1. The van der Waals surface area contributed by atoms with Crippen molar-refractivity contribution in [2.45, 2.75) is 50.9 Å². The first-order valence-electron chi connectivity index (χ1n) is 10.3. The Kier molecular flexibility index (Phi) is 12.2. The summed E-state index contributed by atoms with van der Waals surface area (Å²) in [7, 11) is 0. The molecule has 1 aromatic rings. The van der Waals surface area contributed by atoms with Crippen LogP contribution < -0.4 is 21.7 Å². The SMILES string of the molecule is CCC(C)C(NC(=O)C(Cc1ccccc1)NC(=O)C(CS)NC(=O)C(N)CS)C(=O)O. The molecule has 0 saturated carbocycles. The summed E-state index contributed by atoms with van der Waals surface area (Å²) in [6.45, 7) is 3.55. The van der Waals surface area contributed by atoms with E-state index in [2.05, 4.69) is 41.2 Å². The molecule has 0 heterocycles. The molecule has 3 amide bonds. The Morgan fingerprint density at radius 3 is 2.00 bits per heavy atom. The van der Waals surface area contributed by atoms with Gasteiger partial charge in [-0.15, -0.1) is 0 Å². The number of nitrogens with one attached hydrogen (secondary N) is 3. The van der Waals surface area contributed by atoms with E-state index in [0.29, 0.717) is 6.42 Å². The summed E-state index contributed by atoms with van der Waals surface area (Å²) in [6, 6.07) is 4.89. The molecule has 0 spiro atoms. The number of carbonyl (C=O) groups excluding carboxylic acids is 3. The Bertz CT molecular complexity index is 781. The molecule has 1 aromatic carbocycles. The smallest absolute Gasteiger partial charge is 0.326 e. The quantitative estimate of drug-likeness (QED) is 0.196. The van der Waals surface area contributed by atoms with Crippen LogP contribution in [0, 0.1) is 5.92 Å². The highest BCUT2D eigenvalue weighted by atomic mass is 32.1. The summed E-state index contributed by atoms with van der Waals surface area (Å²) < 4.78 is 0. The molecular formula is C21H32N4O5S2. The molecule has 0 bridgehead atoms. The summed E-state index contributed by atoms with van der Waals surface area (Å²) in [5, 5.41) is 17.1. The Labute approximate surface area is 199 Å². The molecule has 9 nitrogen and oxygen atoms in total. The van der Waals surface area contributed by atoms with Crippen LogP contribution in [0.3, 0.4) is 0 Å². The second-order valence-corrected chi connectivity index (χ2v) is 8.22. The van der Waals surface area contributed by atoms with Crippen molar-refractivity contribution in [2.24, 2.45) is 11.7 Å². The number of hydrogen-bond donors (Lipinski definition) is 7. The van der Waals surface area contributed by atoms with E-state index in [1.807, 2.05) is 13.0 Å². The fourth-order valence-electron chi connectivity index (χ4n) is 2.82. The number of thiol groups is 2. The summed E-state index contributed by atoms with van der Waals surface area (Å²) in [4.78, 5) is 49.5. The van der Waals surface area contributed by atoms with Crippen LogP contribution in [0.2, 0.25) is 0 Å². The van der Waals surface area contributed by atoms with Gasteiger partial charge in [-0.3, -0.25) is 14.4 Å². The predicted molar refractivity (Wildman–Crippen MR) is 129 cm³/mol. The maximum atomic E-state index is 13.0. The van der Waals surface area contributed by atoms with E-state index in [4.69, 9.17) is 5.73 Å². The third-order valence-corrected chi connectivity index (χ3v) is 5.80. The Hall–Kier alpha value is -2.24. The van der Waals surface area contributed by atoms with Crippen LogP contribution in [0.25, 0.3) is 0 Å². The number of rotatable bonds is 13. The van der Waals surface area contributed by atoms with Crippen LogP contribution in [0.15, 0.2) is 30.3 Å². The van der Waals surface area contributed by atoms with E-state index in [9.17, 15) is 24.3 Å². The van der Waals surface area contributed by atoms with Gasteiger partial charge in [-0.2, -0.15) is 25.3 Å². The van der Waals surface area contributed by atoms with Crippen molar-refractivity contribution in [1.82, 2.24) is 16.0 Å². The van der Waals surface area contributed by atoms with Crippen molar-refractivity contribution in [1.29, 1.82) is 0 Å². The first kappa shape index (κ1) is 27.8. The standard InChI is InChI=1S/C21H32N4O5S2/c1-3-12(2)17(21(29)30)25-19(27)15(9-13-7-5-4-6-8-13)23-20(28)16(11-32)24-18(26)14(22)10-31/h4-8,12,14-17,31-32H,3,9-11,22H2,1-2H3,(H,23,28)(H,24,26)(H,25,27)(H,29,30). The third kappa shape index (κ3) is 8.71. The highest BCUT2D eigenvalue weighted by Gasteiger charge is 2.31. The molecule has 5 unspecified atom stereocenters. The summed E-state index contributed by atoms with van der Waals surface area (Å²) >= 11 is 8.07. The highest BCUT2D eigenvalue weighted by Crippen LogP contribution is 2.10. The van der Waals surface area contributed by atoms with Gasteiger partial charge >= 0.3 is 5.97 Å². The lowest BCUT2D eigenvalue weighted by molar-refractivity contribution is -0.143. The van der Waals surface area contributed by atoms with Gasteiger partial charge in [-0.05, 0) is 11.5 Å². The van der Waals surface area contributed by atoms with E-state index in [0.717, 1.165) is 5.56 Å². The topological polar surface area (TPSA) is 151 Å². The molecule has 178 valence electrons. The lowest BCUT2D eigenvalue weighted by Gasteiger charge is -2.26. The van der Waals surface area contributed by atoms with Gasteiger partial charge in [0.1, 0.15) is 18.1 Å². The molecule has 0 saturated heterocycles.